The van der Waals surface area contributed by atoms with Crippen LogP contribution in [0.5, 0.6) is 0 Å². The van der Waals surface area contributed by atoms with Crippen LogP contribution in [0.4, 0.5) is 0 Å². The van der Waals surface area contributed by atoms with Crippen molar-refractivity contribution in [3.63, 3.8) is 0 Å². The van der Waals surface area contributed by atoms with Gasteiger partial charge in [0.2, 0.25) is 12.2 Å². The Morgan fingerprint density at radius 2 is 0.875 bits per heavy atom. The SMILES string of the molecule is CN[C@H]1[C@H](O[C@H]2[C@H](OCC(=O)O)[C@@H](NC(C)=O)[C@H](OC)O[C@@H]2COCC(=O)O)O[C@H](COCC(=O)O)[C@@H](O[C@@H]2O[C@H](COCC(=O)O)[C@@H](O[C@@H]3O[C@H](COCC(=O)O)[C@@H](OC)[C@H](OCC(=O)O)[C@H]3[N+](C)(C)C)[C@H](O)[C@H]2N(C)C)[C@@H]1O. The van der Waals surface area contributed by atoms with Gasteiger partial charge in [-0.1, -0.05) is 0 Å². The first-order valence-electron chi connectivity index (χ1n) is 24.9. The molecule has 0 aliphatic carbocycles. The summed E-state index contributed by atoms with van der Waals surface area (Å²) >= 11 is 0. The number of aliphatic hydroxyl groups excluding tert-OH is 2. The fraction of sp³-hybridized carbons (Fsp3) is 0.848. The summed E-state index contributed by atoms with van der Waals surface area (Å²) in [5.74, 6) is -8.91. The Bertz CT molecular complexity index is 2020. The summed E-state index contributed by atoms with van der Waals surface area (Å²) < 4.78 is 89.7. The maximum Gasteiger partial charge on any atom is 0.329 e. The number of nitrogens with one attached hydrogen (secondary N) is 2. The van der Waals surface area contributed by atoms with Gasteiger partial charge in [-0.3, -0.25) is 9.69 Å². The van der Waals surface area contributed by atoms with E-state index in [4.69, 9.17) is 71.1 Å². The first-order valence-corrected chi connectivity index (χ1v) is 24.9. The lowest BCUT2D eigenvalue weighted by Crippen LogP contribution is -2.72. The molecule has 4 heterocycles. The molecule has 4 aliphatic heterocycles. The molecule has 460 valence electrons. The number of amides is 1. The van der Waals surface area contributed by atoms with E-state index in [-0.39, 0.29) is 4.48 Å². The molecule has 4 rings (SSSR count). The standard InChI is InChI=1S/C46H76N4O30/c1-20(51)48-32-41(72-18-29(60)61)40(24(74-43(32)67-9)13-71-17-28(58)59)80-44-31(47-2)35(64)37(21(75-44)10-68-14-25(52)53)78-45-33(49(3)4)36(65)38(22(76-45)11-69-15-26(54)55)79-46-34(50(5,6)7)42(73-19-30(62)63)39(66-8)23(77-46)12-70-16-27(56)57/h21-24,31-47,64-65H,10-19H2,1-9H3,(H6-,48,51,52,53,54,55,56,57,58,59,60,61,62,63)/p+1/t21-,22-,23-,24-,31-,32-,33-,34-,35-,36-,37-,38-,39-,40-,41-,42-,43-,44+,45+,46+/m1/s1. The lowest BCUT2D eigenvalue weighted by molar-refractivity contribution is -0.910. The van der Waals surface area contributed by atoms with Crippen molar-refractivity contribution in [2.75, 3.05) is 123 Å². The highest BCUT2D eigenvalue weighted by molar-refractivity contribution is 5.73. The van der Waals surface area contributed by atoms with Gasteiger partial charge >= 0.3 is 35.8 Å². The van der Waals surface area contributed by atoms with Crippen LogP contribution >= 0.6 is 0 Å². The molecule has 0 bridgehead atoms. The van der Waals surface area contributed by atoms with Gasteiger partial charge in [-0.2, -0.15) is 0 Å². The van der Waals surface area contributed by atoms with Gasteiger partial charge in [0.1, 0.15) is 119 Å². The molecule has 20 atom stereocenters. The highest BCUT2D eigenvalue weighted by Crippen LogP contribution is 2.38. The summed E-state index contributed by atoms with van der Waals surface area (Å²) in [5, 5.41) is 87.5. The van der Waals surface area contributed by atoms with Crippen LogP contribution in [0.3, 0.4) is 0 Å². The number of quaternary nitrogens is 1. The van der Waals surface area contributed by atoms with Gasteiger partial charge in [0.15, 0.2) is 24.9 Å². The molecular weight excluding hydrogens is 1090 g/mol. The average molecular weight is 1170 g/mol. The summed E-state index contributed by atoms with van der Waals surface area (Å²) in [6.45, 7) is -6.29. The quantitative estimate of drug-likeness (QED) is 0.0268. The molecule has 4 fully saturated rings. The van der Waals surface area contributed by atoms with E-state index in [0.717, 1.165) is 6.92 Å². The molecule has 1 amide bonds. The lowest BCUT2D eigenvalue weighted by atomic mass is 9.92. The normalized spacial score (nSPS) is 34.9. The molecule has 0 aromatic carbocycles. The van der Waals surface area contributed by atoms with Crippen molar-refractivity contribution in [2.45, 2.75) is 129 Å². The van der Waals surface area contributed by atoms with E-state index in [0.29, 0.717) is 0 Å². The van der Waals surface area contributed by atoms with Gasteiger partial charge in [-0.05, 0) is 21.1 Å². The molecule has 0 unspecified atom stereocenters. The molecule has 0 radical (unpaired) electrons. The van der Waals surface area contributed by atoms with Gasteiger partial charge in [0.25, 0.3) is 0 Å². The Hall–Kier alpha value is -4.51. The van der Waals surface area contributed by atoms with Crippen molar-refractivity contribution >= 4 is 41.7 Å². The number of carboxylic acids is 6. The third-order valence-corrected chi connectivity index (χ3v) is 13.0. The van der Waals surface area contributed by atoms with E-state index >= 15 is 0 Å². The van der Waals surface area contributed by atoms with Crippen molar-refractivity contribution in [1.29, 1.82) is 0 Å². The molecular formula is C46H77N4O30+. The number of aliphatic carboxylic acids is 6. The van der Waals surface area contributed by atoms with E-state index in [1.54, 1.807) is 21.1 Å². The van der Waals surface area contributed by atoms with Crippen LogP contribution in [0.25, 0.3) is 0 Å². The van der Waals surface area contributed by atoms with Gasteiger partial charge < -0.3 is 127 Å². The molecule has 0 aromatic heterocycles. The summed E-state index contributed by atoms with van der Waals surface area (Å²) in [4.78, 5) is 84.1. The number of hydrogen-bond acceptors (Lipinski definition) is 26. The highest BCUT2D eigenvalue weighted by atomic mass is 16.8. The minimum atomic E-state index is -1.79. The first-order chi connectivity index (χ1) is 37.6. The monoisotopic (exact) mass is 1170 g/mol. The first kappa shape index (κ1) is 68.0. The Morgan fingerprint density at radius 1 is 0.487 bits per heavy atom. The zero-order chi connectivity index (χ0) is 59.8. The zero-order valence-electron chi connectivity index (χ0n) is 45.6. The van der Waals surface area contributed by atoms with Crippen molar-refractivity contribution in [1.82, 2.24) is 15.5 Å². The molecule has 4 saturated heterocycles. The Balaban J connectivity index is 1.79. The van der Waals surface area contributed by atoms with E-state index in [1.165, 1.54) is 40.3 Å². The largest absolute Gasteiger partial charge is 0.480 e. The van der Waals surface area contributed by atoms with Gasteiger partial charge in [-0.25, -0.2) is 28.8 Å². The highest BCUT2D eigenvalue weighted by Gasteiger charge is 2.59. The topological polar surface area (TPSA) is 447 Å². The lowest BCUT2D eigenvalue weighted by Gasteiger charge is -2.53. The van der Waals surface area contributed by atoms with Crippen molar-refractivity contribution in [3.8, 4) is 0 Å². The molecule has 0 saturated carbocycles. The fourth-order valence-electron chi connectivity index (χ4n) is 9.78. The molecule has 0 aromatic rings. The number of rotatable bonds is 34. The Morgan fingerprint density at radius 3 is 1.29 bits per heavy atom. The van der Waals surface area contributed by atoms with Crippen molar-refractivity contribution in [2.24, 2.45) is 0 Å². The van der Waals surface area contributed by atoms with Crippen LogP contribution in [0.1, 0.15) is 6.92 Å². The van der Waals surface area contributed by atoms with Crippen LogP contribution in [0.15, 0.2) is 0 Å². The third kappa shape index (κ3) is 19.3. The number of carbonyl (C=O) groups is 7. The maximum absolute atomic E-state index is 12.6. The van der Waals surface area contributed by atoms with Gasteiger partial charge in [0, 0.05) is 21.1 Å². The predicted molar refractivity (Wildman–Crippen MR) is 257 cm³/mol. The number of aliphatic hydroxyl groups is 2. The van der Waals surface area contributed by atoms with Crippen LogP contribution in [0.2, 0.25) is 0 Å². The average Bonchev–Trinajstić information content (AvgIpc) is 3.56. The summed E-state index contributed by atoms with van der Waals surface area (Å²) in [5.41, 5.74) is 0. The molecule has 0 spiro atoms. The fourth-order valence-corrected chi connectivity index (χ4v) is 9.78. The van der Waals surface area contributed by atoms with E-state index in [9.17, 15) is 74.4 Å². The molecule has 34 nitrogen and oxygen atoms in total. The van der Waals surface area contributed by atoms with Gasteiger partial charge in [-0.15, -0.1) is 0 Å². The van der Waals surface area contributed by atoms with Gasteiger partial charge in [0.05, 0.1) is 59.7 Å². The van der Waals surface area contributed by atoms with Crippen LogP contribution in [-0.2, 0) is 105 Å². The second-order valence-electron chi connectivity index (χ2n) is 20.0. The second kappa shape index (κ2) is 31.8. The number of carbonyl (C=O) groups excluding carboxylic acids is 1. The molecule has 34 heteroatoms. The molecule has 80 heavy (non-hydrogen) atoms. The van der Waals surface area contributed by atoms with Crippen molar-refractivity contribution in [3.05, 3.63) is 0 Å². The number of likely N-dealkylation sites (N-methyl/N-ethyl adjacent to an activating group) is 3. The predicted octanol–water partition coefficient (Wildman–Crippen LogP) is -6.13. The van der Waals surface area contributed by atoms with E-state index in [2.05, 4.69) is 10.6 Å². The summed E-state index contributed by atoms with van der Waals surface area (Å²) in [6.07, 6.45) is -23.8. The number of nitrogens with zero attached hydrogens (tertiary/aromatic N) is 2. The minimum absolute atomic E-state index is 0.0705. The Labute approximate surface area is 458 Å². The molecule has 4 aliphatic rings. The molecule has 10 N–H and O–H groups in total. The number of methoxy groups -OCH3 is 2. The van der Waals surface area contributed by atoms with Crippen molar-refractivity contribution < 1.29 is 150 Å². The van der Waals surface area contributed by atoms with Crippen LogP contribution in [0, 0.1) is 0 Å². The van der Waals surface area contributed by atoms with E-state index < -0.39 is 230 Å². The van der Waals surface area contributed by atoms with E-state index in [1.807, 2.05) is 0 Å². The Kier molecular flexibility index (Phi) is 27.0. The maximum atomic E-state index is 12.6. The van der Waals surface area contributed by atoms with Crippen LogP contribution in [-0.4, -0.2) is 337 Å². The second-order valence-corrected chi connectivity index (χ2v) is 20.0. The third-order valence-electron chi connectivity index (χ3n) is 13.0. The summed E-state index contributed by atoms with van der Waals surface area (Å²) in [6, 6.07) is -5.01. The zero-order valence-corrected chi connectivity index (χ0v) is 45.6. The van der Waals surface area contributed by atoms with Crippen LogP contribution < -0.4 is 10.6 Å². The number of ether oxygens (including phenoxy) is 15. The number of carboxylic acid groups (broad SMARTS) is 6. The summed E-state index contributed by atoms with van der Waals surface area (Å²) in [7, 11) is 12.0. The number of hydrogen-bond donors (Lipinski definition) is 10. The smallest absolute Gasteiger partial charge is 0.329 e. The minimum Gasteiger partial charge on any atom is -0.480 e.